The summed E-state index contributed by atoms with van der Waals surface area (Å²) >= 11 is 0. The zero-order valence-electron chi connectivity index (χ0n) is 11.3. The van der Waals surface area contributed by atoms with E-state index in [9.17, 15) is 4.21 Å². The van der Waals surface area contributed by atoms with E-state index < -0.39 is 10.8 Å². The first kappa shape index (κ1) is 13.2. The van der Waals surface area contributed by atoms with Gasteiger partial charge in [0.05, 0.1) is 5.69 Å². The van der Waals surface area contributed by atoms with Crippen molar-refractivity contribution in [2.45, 2.75) is 25.8 Å². The van der Waals surface area contributed by atoms with E-state index >= 15 is 0 Å². The minimum Gasteiger partial charge on any atom is -0.382 e. The molecule has 7 heteroatoms. The number of nitrogens with zero attached hydrogens (tertiary/aromatic N) is 4. The monoisotopic (exact) mass is 291 g/mol. The van der Waals surface area contributed by atoms with Crippen LogP contribution in [0.3, 0.4) is 0 Å². The molecule has 0 atom stereocenters. The molecule has 20 heavy (non-hydrogen) atoms. The van der Waals surface area contributed by atoms with Gasteiger partial charge >= 0.3 is 0 Å². The van der Waals surface area contributed by atoms with Crippen LogP contribution in [0.2, 0.25) is 0 Å². The van der Waals surface area contributed by atoms with Crippen LogP contribution in [0.1, 0.15) is 18.7 Å². The second kappa shape index (κ2) is 5.70. The lowest BCUT2D eigenvalue weighted by atomic mass is 10.1. The number of rotatable bonds is 3. The molecule has 0 aliphatic carbocycles. The molecule has 1 aliphatic rings. The summed E-state index contributed by atoms with van der Waals surface area (Å²) in [5.41, 5.74) is 1.99. The Labute approximate surface area is 120 Å². The predicted molar refractivity (Wildman–Crippen MR) is 78.4 cm³/mol. The van der Waals surface area contributed by atoms with Crippen LogP contribution >= 0.6 is 0 Å². The molecule has 0 saturated carbocycles. The lowest BCUT2D eigenvalue weighted by molar-refractivity contribution is 0.624. The molecule has 0 amide bonds. The highest BCUT2D eigenvalue weighted by atomic mass is 32.2. The van der Waals surface area contributed by atoms with E-state index in [1.54, 1.807) is 4.68 Å². The number of hydrogen-bond acceptors (Lipinski definition) is 5. The van der Waals surface area contributed by atoms with Crippen LogP contribution in [-0.2, 0) is 10.8 Å². The Morgan fingerprint density at radius 2 is 2.15 bits per heavy atom. The Balaban J connectivity index is 1.75. The van der Waals surface area contributed by atoms with Crippen molar-refractivity contribution in [3.8, 4) is 5.69 Å². The Bertz CT molecular complexity index is 617. The lowest BCUT2D eigenvalue weighted by Gasteiger charge is -2.23. The smallest absolute Gasteiger partial charge is 0.153 e. The molecule has 106 valence electrons. The van der Waals surface area contributed by atoms with Crippen molar-refractivity contribution >= 4 is 16.5 Å². The summed E-state index contributed by atoms with van der Waals surface area (Å²) in [7, 11) is -0.621. The third-order valence-electron chi connectivity index (χ3n) is 3.47. The van der Waals surface area contributed by atoms with Gasteiger partial charge in [-0.1, -0.05) is 6.07 Å². The number of nitrogens with one attached hydrogen (secondary N) is 1. The highest BCUT2D eigenvalue weighted by molar-refractivity contribution is 7.85. The second-order valence-corrected chi connectivity index (χ2v) is 6.65. The summed E-state index contributed by atoms with van der Waals surface area (Å²) in [6, 6.07) is 8.44. The molecule has 6 nitrogen and oxygen atoms in total. The topological polar surface area (TPSA) is 72.7 Å². The summed E-state index contributed by atoms with van der Waals surface area (Å²) < 4.78 is 13.1. The molecule has 2 heterocycles. The number of benzene rings is 1. The summed E-state index contributed by atoms with van der Waals surface area (Å²) in [6.45, 7) is 1.87. The summed E-state index contributed by atoms with van der Waals surface area (Å²) in [5.74, 6) is 2.35. The average molecular weight is 291 g/mol. The van der Waals surface area contributed by atoms with E-state index in [2.05, 4.69) is 20.8 Å². The van der Waals surface area contributed by atoms with Gasteiger partial charge in [-0.2, -0.15) is 4.68 Å². The van der Waals surface area contributed by atoms with E-state index in [0.717, 1.165) is 41.5 Å². The maximum Gasteiger partial charge on any atom is 0.153 e. The maximum absolute atomic E-state index is 11.4. The van der Waals surface area contributed by atoms with Gasteiger partial charge in [0.2, 0.25) is 0 Å². The lowest BCUT2D eigenvalue weighted by Crippen LogP contribution is -2.29. The predicted octanol–water partition coefficient (Wildman–Crippen LogP) is 1.29. The van der Waals surface area contributed by atoms with Crippen LogP contribution < -0.4 is 5.32 Å². The largest absolute Gasteiger partial charge is 0.382 e. The van der Waals surface area contributed by atoms with Gasteiger partial charge in [-0.3, -0.25) is 4.21 Å². The molecule has 0 spiro atoms. The number of aryl methyl sites for hydroxylation is 1. The fraction of sp³-hybridized carbons (Fsp3) is 0.462. The molecule has 1 aromatic carbocycles. The molecule has 0 bridgehead atoms. The zero-order chi connectivity index (χ0) is 13.9. The van der Waals surface area contributed by atoms with Gasteiger partial charge in [-0.25, -0.2) is 0 Å². The van der Waals surface area contributed by atoms with Gasteiger partial charge in [0.1, 0.15) is 0 Å². The van der Waals surface area contributed by atoms with Crippen LogP contribution in [0.5, 0.6) is 0 Å². The standard InChI is InChI=1S/C13H17N5OS/c1-10-15-16-17-18(10)13-4-2-3-12(9-13)14-11-5-7-20(19)8-6-11/h2-4,9,11,14H,5-8H2,1H3. The normalized spacial score (nSPS) is 22.6. The third-order valence-corrected chi connectivity index (χ3v) is 4.86. The van der Waals surface area contributed by atoms with Gasteiger partial charge in [0, 0.05) is 34.0 Å². The van der Waals surface area contributed by atoms with E-state index in [1.165, 1.54) is 0 Å². The first-order valence-electron chi connectivity index (χ1n) is 6.69. The number of hydrogen-bond donors (Lipinski definition) is 1. The van der Waals surface area contributed by atoms with Crippen LogP contribution in [-0.4, -0.2) is 42.0 Å². The SMILES string of the molecule is Cc1nnnn1-c1cccc(NC2CCS(=O)CC2)c1. The molecule has 1 aliphatic heterocycles. The highest BCUT2D eigenvalue weighted by Crippen LogP contribution is 2.19. The molecular weight excluding hydrogens is 274 g/mol. The van der Waals surface area contributed by atoms with E-state index in [1.807, 2.05) is 31.2 Å². The summed E-state index contributed by atoms with van der Waals surface area (Å²) in [4.78, 5) is 0. The first-order valence-corrected chi connectivity index (χ1v) is 8.18. The number of anilines is 1. The Kier molecular flexibility index (Phi) is 3.77. The van der Waals surface area contributed by atoms with Crippen molar-refractivity contribution in [3.05, 3.63) is 30.1 Å². The Morgan fingerprint density at radius 1 is 1.35 bits per heavy atom. The highest BCUT2D eigenvalue weighted by Gasteiger charge is 2.17. The van der Waals surface area contributed by atoms with Gasteiger partial charge in [-0.15, -0.1) is 5.10 Å². The molecule has 1 fully saturated rings. The van der Waals surface area contributed by atoms with Crippen LogP contribution in [0.15, 0.2) is 24.3 Å². The molecule has 2 aromatic rings. The van der Waals surface area contributed by atoms with Gasteiger partial charge in [0.25, 0.3) is 0 Å². The van der Waals surface area contributed by atoms with Crippen molar-refractivity contribution in [1.82, 2.24) is 20.2 Å². The summed E-state index contributed by atoms with van der Waals surface area (Å²) in [6.07, 6.45) is 1.92. The quantitative estimate of drug-likeness (QED) is 0.922. The van der Waals surface area contributed by atoms with Crippen molar-refractivity contribution < 1.29 is 4.21 Å². The molecule has 1 saturated heterocycles. The van der Waals surface area contributed by atoms with Gasteiger partial charge in [0.15, 0.2) is 5.82 Å². The average Bonchev–Trinajstić information content (AvgIpc) is 2.88. The van der Waals surface area contributed by atoms with Gasteiger partial charge in [-0.05, 0) is 48.4 Å². The fourth-order valence-corrected chi connectivity index (χ4v) is 3.67. The van der Waals surface area contributed by atoms with Crippen molar-refractivity contribution in [1.29, 1.82) is 0 Å². The molecule has 0 unspecified atom stereocenters. The minimum atomic E-state index is -0.621. The van der Waals surface area contributed by atoms with E-state index in [0.29, 0.717) is 6.04 Å². The molecule has 1 N–H and O–H groups in total. The molecular formula is C13H17N5OS. The third kappa shape index (κ3) is 2.87. The Morgan fingerprint density at radius 3 is 2.85 bits per heavy atom. The molecule has 1 aromatic heterocycles. The fourth-order valence-electron chi connectivity index (χ4n) is 2.37. The van der Waals surface area contributed by atoms with Crippen molar-refractivity contribution in [2.24, 2.45) is 0 Å². The molecule has 0 radical (unpaired) electrons. The van der Waals surface area contributed by atoms with E-state index in [4.69, 9.17) is 0 Å². The number of aromatic nitrogens is 4. The Hall–Kier alpha value is -1.76. The van der Waals surface area contributed by atoms with Gasteiger partial charge < -0.3 is 5.32 Å². The number of tetrazole rings is 1. The second-order valence-electron chi connectivity index (χ2n) is 4.95. The summed E-state index contributed by atoms with van der Waals surface area (Å²) in [5, 5.41) is 15.0. The minimum absolute atomic E-state index is 0.401. The zero-order valence-corrected chi connectivity index (χ0v) is 12.1. The van der Waals surface area contributed by atoms with E-state index in [-0.39, 0.29) is 0 Å². The van der Waals surface area contributed by atoms with Crippen LogP contribution in [0.25, 0.3) is 5.69 Å². The van der Waals surface area contributed by atoms with Crippen molar-refractivity contribution in [2.75, 3.05) is 16.8 Å². The van der Waals surface area contributed by atoms with Crippen LogP contribution in [0.4, 0.5) is 5.69 Å². The van der Waals surface area contributed by atoms with Crippen molar-refractivity contribution in [3.63, 3.8) is 0 Å². The van der Waals surface area contributed by atoms with Crippen LogP contribution in [0, 0.1) is 6.92 Å². The maximum atomic E-state index is 11.4. The molecule has 3 rings (SSSR count). The first-order chi connectivity index (χ1) is 9.72.